The van der Waals surface area contributed by atoms with E-state index < -0.39 is 0 Å². The normalized spacial score (nSPS) is 10.6. The Bertz CT molecular complexity index is 514. The third-order valence-corrected chi connectivity index (χ3v) is 2.78. The van der Waals surface area contributed by atoms with Crippen molar-refractivity contribution in [3.63, 3.8) is 0 Å². The molecule has 0 atom stereocenters. The van der Waals surface area contributed by atoms with Gasteiger partial charge in [0.15, 0.2) is 9.77 Å². The number of nitrogens with one attached hydrogen (secondary N) is 2. The third kappa shape index (κ3) is 1.55. The van der Waals surface area contributed by atoms with Crippen molar-refractivity contribution >= 4 is 45.7 Å². The summed E-state index contributed by atoms with van der Waals surface area (Å²) in [5, 5.41) is 3.10. The quantitative estimate of drug-likeness (QED) is 0.681. The molecule has 0 fully saturated rings. The molecule has 0 unspecified atom stereocenters. The van der Waals surface area contributed by atoms with Gasteiger partial charge in [-0.3, -0.25) is 0 Å². The number of thiazole rings is 1. The molecule has 0 aliphatic carbocycles. The second kappa shape index (κ2) is 3.50. The number of hydrogen-bond acceptors (Lipinski definition) is 6. The van der Waals surface area contributed by atoms with Gasteiger partial charge in [0.25, 0.3) is 0 Å². The first kappa shape index (κ1) is 9.35. The Morgan fingerprint density at radius 1 is 1.57 bits per heavy atom. The Morgan fingerprint density at radius 2 is 2.36 bits per heavy atom. The van der Waals surface area contributed by atoms with E-state index in [-0.39, 0.29) is 5.95 Å². The lowest BCUT2D eigenvalue weighted by Gasteiger charge is -2.03. The van der Waals surface area contributed by atoms with Gasteiger partial charge in [0.05, 0.1) is 0 Å². The van der Waals surface area contributed by atoms with Gasteiger partial charge in [-0.1, -0.05) is 11.3 Å². The summed E-state index contributed by atoms with van der Waals surface area (Å²) in [7, 11) is 0. The van der Waals surface area contributed by atoms with E-state index in [0.717, 1.165) is 16.9 Å². The van der Waals surface area contributed by atoms with Crippen LogP contribution in [0.1, 0.15) is 6.92 Å². The molecule has 0 saturated carbocycles. The van der Waals surface area contributed by atoms with Crippen molar-refractivity contribution in [1.82, 2.24) is 15.0 Å². The number of H-pyrrole nitrogens is 1. The van der Waals surface area contributed by atoms with Gasteiger partial charge in [0.2, 0.25) is 5.95 Å². The average Bonchev–Trinajstić information content (AvgIpc) is 2.45. The molecular formula is C7H9N5S2. The third-order valence-electron chi connectivity index (χ3n) is 1.65. The highest BCUT2D eigenvalue weighted by molar-refractivity contribution is 7.73. The number of aromatic nitrogens is 3. The fourth-order valence-corrected chi connectivity index (χ4v) is 2.21. The highest BCUT2D eigenvalue weighted by atomic mass is 32.1. The second-order valence-electron chi connectivity index (χ2n) is 2.66. The van der Waals surface area contributed by atoms with Gasteiger partial charge in [0.1, 0.15) is 10.3 Å². The average molecular weight is 227 g/mol. The van der Waals surface area contributed by atoms with Crippen LogP contribution in [0, 0.1) is 3.95 Å². The van der Waals surface area contributed by atoms with Crippen LogP contribution in [0.2, 0.25) is 0 Å². The van der Waals surface area contributed by atoms with Crippen LogP contribution >= 0.6 is 23.6 Å². The lowest BCUT2D eigenvalue weighted by molar-refractivity contribution is 1.14. The summed E-state index contributed by atoms with van der Waals surface area (Å²) in [5.74, 6) is 0.973. The van der Waals surface area contributed by atoms with E-state index in [4.69, 9.17) is 18.0 Å². The van der Waals surface area contributed by atoms with E-state index >= 15 is 0 Å². The first-order valence-electron chi connectivity index (χ1n) is 4.11. The number of nitrogen functional groups attached to an aromatic ring is 1. The molecule has 0 aliphatic rings. The molecule has 5 nitrogen and oxygen atoms in total. The molecule has 0 aromatic carbocycles. The van der Waals surface area contributed by atoms with E-state index in [1.807, 2.05) is 6.92 Å². The number of nitrogens with two attached hydrogens (primary N) is 1. The minimum Gasteiger partial charge on any atom is -0.368 e. The second-order valence-corrected chi connectivity index (χ2v) is 4.32. The molecule has 4 N–H and O–H groups in total. The lowest BCUT2D eigenvalue weighted by atomic mass is 10.5. The number of fused-ring (bicyclic) bond motifs is 1. The Labute approximate surface area is 89.4 Å². The molecule has 0 radical (unpaired) electrons. The van der Waals surface area contributed by atoms with Crippen molar-refractivity contribution in [2.75, 3.05) is 17.6 Å². The Morgan fingerprint density at radius 3 is 3.07 bits per heavy atom. The minimum absolute atomic E-state index is 0.263. The monoisotopic (exact) mass is 227 g/mol. The van der Waals surface area contributed by atoms with Crippen LogP contribution < -0.4 is 11.1 Å². The molecule has 2 rings (SSSR count). The van der Waals surface area contributed by atoms with Crippen molar-refractivity contribution in [2.24, 2.45) is 0 Å². The fourth-order valence-electron chi connectivity index (χ4n) is 1.15. The molecule has 0 saturated heterocycles. The molecule has 14 heavy (non-hydrogen) atoms. The predicted octanol–water partition coefficient (Wildman–Crippen LogP) is 1.76. The molecule has 0 aliphatic heterocycles. The Balaban J connectivity index is 2.72. The minimum atomic E-state index is 0.263. The summed E-state index contributed by atoms with van der Waals surface area (Å²) in [6.07, 6.45) is 0. The molecule has 0 spiro atoms. The summed E-state index contributed by atoms with van der Waals surface area (Å²) < 4.78 is 0.680. The van der Waals surface area contributed by atoms with Gasteiger partial charge in [-0.05, 0) is 19.1 Å². The van der Waals surface area contributed by atoms with Crippen LogP contribution in [-0.4, -0.2) is 21.5 Å². The van der Waals surface area contributed by atoms with Gasteiger partial charge < -0.3 is 16.0 Å². The molecule has 7 heteroatoms. The summed E-state index contributed by atoms with van der Waals surface area (Å²) >= 11 is 6.42. The summed E-state index contributed by atoms with van der Waals surface area (Å²) in [6.45, 7) is 2.77. The van der Waals surface area contributed by atoms with E-state index in [1.165, 1.54) is 11.3 Å². The smallest absolute Gasteiger partial charge is 0.223 e. The van der Waals surface area contributed by atoms with Crippen molar-refractivity contribution in [3.05, 3.63) is 3.95 Å². The first-order chi connectivity index (χ1) is 6.70. The lowest BCUT2D eigenvalue weighted by Crippen LogP contribution is -2.03. The van der Waals surface area contributed by atoms with Gasteiger partial charge in [0, 0.05) is 6.54 Å². The van der Waals surface area contributed by atoms with E-state index in [9.17, 15) is 0 Å². The standard InChI is InChI=1S/C7H9N5S2/c1-2-9-4-3-5(12-6(8)11-4)14-7(13)10-3/h2H2,1H3,(H,10,13)(H3,8,9,11,12). The van der Waals surface area contributed by atoms with Gasteiger partial charge in [-0.15, -0.1) is 0 Å². The molecule has 2 heterocycles. The first-order valence-corrected chi connectivity index (χ1v) is 5.33. The zero-order chi connectivity index (χ0) is 10.1. The molecule has 0 bridgehead atoms. The summed E-state index contributed by atoms with van der Waals surface area (Å²) in [4.78, 5) is 12.0. The van der Waals surface area contributed by atoms with Crippen molar-refractivity contribution < 1.29 is 0 Å². The fraction of sp³-hybridized carbons (Fsp3) is 0.286. The number of rotatable bonds is 2. The molecule has 2 aromatic heterocycles. The SMILES string of the molecule is CCNc1nc(N)nc2sc(=S)[nH]c12. The van der Waals surface area contributed by atoms with Crippen molar-refractivity contribution in [2.45, 2.75) is 6.92 Å². The Hall–Kier alpha value is -1.21. The summed E-state index contributed by atoms with van der Waals surface area (Å²) in [6, 6.07) is 0. The Kier molecular flexibility index (Phi) is 2.34. The largest absolute Gasteiger partial charge is 0.368 e. The van der Waals surface area contributed by atoms with Crippen LogP contribution in [0.15, 0.2) is 0 Å². The zero-order valence-corrected chi connectivity index (χ0v) is 9.13. The van der Waals surface area contributed by atoms with E-state index in [0.29, 0.717) is 9.77 Å². The van der Waals surface area contributed by atoms with Crippen LogP contribution in [0.3, 0.4) is 0 Å². The molecule has 74 valence electrons. The molecule has 2 aromatic rings. The van der Waals surface area contributed by atoms with Gasteiger partial charge >= 0.3 is 0 Å². The van der Waals surface area contributed by atoms with Crippen LogP contribution in [0.5, 0.6) is 0 Å². The number of aromatic amines is 1. The number of anilines is 2. The van der Waals surface area contributed by atoms with Gasteiger partial charge in [-0.25, -0.2) is 4.98 Å². The predicted molar refractivity (Wildman–Crippen MR) is 61.2 cm³/mol. The highest BCUT2D eigenvalue weighted by Gasteiger charge is 2.07. The van der Waals surface area contributed by atoms with Crippen LogP contribution in [-0.2, 0) is 0 Å². The maximum absolute atomic E-state index is 5.56. The van der Waals surface area contributed by atoms with Crippen LogP contribution in [0.25, 0.3) is 10.3 Å². The van der Waals surface area contributed by atoms with Crippen molar-refractivity contribution in [3.8, 4) is 0 Å². The van der Waals surface area contributed by atoms with Crippen molar-refractivity contribution in [1.29, 1.82) is 0 Å². The van der Waals surface area contributed by atoms with Crippen LogP contribution in [0.4, 0.5) is 11.8 Å². The zero-order valence-electron chi connectivity index (χ0n) is 7.50. The number of hydrogen-bond donors (Lipinski definition) is 3. The maximum atomic E-state index is 5.56. The number of nitrogens with zero attached hydrogens (tertiary/aromatic N) is 2. The van der Waals surface area contributed by atoms with E-state index in [1.54, 1.807) is 0 Å². The summed E-state index contributed by atoms with van der Waals surface area (Å²) in [5.41, 5.74) is 6.39. The molecule has 0 amide bonds. The van der Waals surface area contributed by atoms with Gasteiger partial charge in [-0.2, -0.15) is 4.98 Å². The molecular weight excluding hydrogens is 218 g/mol. The van der Waals surface area contributed by atoms with E-state index in [2.05, 4.69) is 20.3 Å². The highest BCUT2D eigenvalue weighted by Crippen LogP contribution is 2.23. The topological polar surface area (TPSA) is 79.6 Å². The maximum Gasteiger partial charge on any atom is 0.223 e.